The van der Waals surface area contributed by atoms with Gasteiger partial charge in [-0.05, 0) is 100 Å². The zero-order valence-corrected chi connectivity index (χ0v) is 27.2. The normalized spacial score (nSPS) is 50.8. The Bertz CT molecular complexity index is 1060. The summed E-state index contributed by atoms with van der Waals surface area (Å²) in [6, 6.07) is 0. The summed E-state index contributed by atoms with van der Waals surface area (Å²) in [5, 5.41) is 22.6. The molecule has 5 rings (SSSR count). The van der Waals surface area contributed by atoms with Gasteiger partial charge in [0, 0.05) is 31.1 Å². The van der Waals surface area contributed by atoms with Gasteiger partial charge in [0.15, 0.2) is 0 Å². The van der Waals surface area contributed by atoms with Crippen molar-refractivity contribution in [3.8, 4) is 0 Å². The molecule has 4 saturated carbocycles. The lowest BCUT2D eigenvalue weighted by Gasteiger charge is -2.68. The van der Waals surface area contributed by atoms with E-state index in [4.69, 9.17) is 14.2 Å². The number of carbonyl (C=O) groups excluding carboxylic acids is 2. The highest BCUT2D eigenvalue weighted by molar-refractivity contribution is 5.66. The molecule has 41 heavy (non-hydrogen) atoms. The Labute approximate surface area is 247 Å². The Hall–Kier alpha value is -1.18. The van der Waals surface area contributed by atoms with E-state index in [9.17, 15) is 19.8 Å². The fraction of sp³-hybridized carbons (Fsp3) is 0.941. The summed E-state index contributed by atoms with van der Waals surface area (Å²) in [7, 11) is 0. The third-order valence-corrected chi connectivity index (χ3v) is 13.7. The molecule has 1 saturated heterocycles. The molecule has 0 bridgehead atoms. The molecule has 5 fully saturated rings. The molecule has 7 heteroatoms. The minimum Gasteiger partial charge on any atom is -0.462 e. The van der Waals surface area contributed by atoms with Crippen molar-refractivity contribution in [3.05, 3.63) is 0 Å². The first kappa shape index (κ1) is 31.3. The van der Waals surface area contributed by atoms with Crippen molar-refractivity contribution in [2.45, 2.75) is 156 Å². The van der Waals surface area contributed by atoms with Crippen LogP contribution in [0.3, 0.4) is 0 Å². The number of aliphatic hydroxyl groups excluding tert-OH is 1. The number of esters is 2. The quantitative estimate of drug-likeness (QED) is 0.406. The van der Waals surface area contributed by atoms with Crippen LogP contribution in [0, 0.1) is 45.3 Å². The third kappa shape index (κ3) is 4.53. The Balaban J connectivity index is 1.53. The lowest BCUT2D eigenvalue weighted by Crippen LogP contribution is -2.66. The van der Waals surface area contributed by atoms with Gasteiger partial charge in [-0.3, -0.25) is 9.59 Å². The molecule has 0 spiro atoms. The third-order valence-electron chi connectivity index (χ3n) is 13.7. The summed E-state index contributed by atoms with van der Waals surface area (Å²) in [6.07, 6.45) is 5.63. The van der Waals surface area contributed by atoms with Crippen LogP contribution in [-0.4, -0.2) is 57.8 Å². The van der Waals surface area contributed by atoms with Crippen LogP contribution in [0.5, 0.6) is 0 Å². The van der Waals surface area contributed by atoms with E-state index < -0.39 is 17.3 Å². The standard InChI is InChI=1S/C34H56O7/c1-19(35)39-24-17-22-21(31(7)14-12-25(40-20(2)36)29(3,4)28(24)31)11-15-32(8)27(23(37)18-33(22,32)9)34(10)16-13-26(41-34)30(5,6)38/h21-28,37-38H,11-18H2,1-10H3/t21-,22+,23-,24+,25+,26-,27-,28+,31-,32-,33-,34-/m1/s1. The molecule has 5 aliphatic rings. The number of carbonyl (C=O) groups is 2. The van der Waals surface area contributed by atoms with Gasteiger partial charge >= 0.3 is 11.9 Å². The predicted octanol–water partition coefficient (Wildman–Crippen LogP) is 5.82. The maximum absolute atomic E-state index is 12.5. The molecule has 2 N–H and O–H groups in total. The maximum atomic E-state index is 12.5. The van der Waals surface area contributed by atoms with Gasteiger partial charge in [-0.15, -0.1) is 0 Å². The van der Waals surface area contributed by atoms with E-state index in [1.165, 1.54) is 13.8 Å². The van der Waals surface area contributed by atoms with E-state index in [1.54, 1.807) is 0 Å². The van der Waals surface area contributed by atoms with Gasteiger partial charge in [0.05, 0.1) is 23.4 Å². The molecule has 234 valence electrons. The van der Waals surface area contributed by atoms with Crippen LogP contribution >= 0.6 is 0 Å². The molecule has 0 aromatic rings. The minimum atomic E-state index is -0.925. The van der Waals surface area contributed by atoms with Crippen LogP contribution < -0.4 is 0 Å². The van der Waals surface area contributed by atoms with Gasteiger partial charge in [0.1, 0.15) is 12.2 Å². The monoisotopic (exact) mass is 576 g/mol. The van der Waals surface area contributed by atoms with Crippen molar-refractivity contribution in [2.24, 2.45) is 45.3 Å². The van der Waals surface area contributed by atoms with Crippen LogP contribution in [0.25, 0.3) is 0 Å². The minimum absolute atomic E-state index is 0.0397. The lowest BCUT2D eigenvalue weighted by molar-refractivity contribution is -0.250. The summed E-state index contributed by atoms with van der Waals surface area (Å²) in [6.45, 7) is 20.3. The van der Waals surface area contributed by atoms with Crippen molar-refractivity contribution >= 4 is 11.9 Å². The molecule has 0 aromatic carbocycles. The number of aliphatic hydroxyl groups is 2. The smallest absolute Gasteiger partial charge is 0.302 e. The van der Waals surface area contributed by atoms with Gasteiger partial charge in [0.25, 0.3) is 0 Å². The van der Waals surface area contributed by atoms with Gasteiger partial charge in [-0.1, -0.05) is 34.6 Å². The molecule has 7 nitrogen and oxygen atoms in total. The number of ether oxygens (including phenoxy) is 3. The Morgan fingerprint density at radius 2 is 1.46 bits per heavy atom. The second kappa shape index (κ2) is 9.66. The molecular weight excluding hydrogens is 520 g/mol. The highest BCUT2D eigenvalue weighted by Crippen LogP contribution is 2.75. The second-order valence-electron chi connectivity index (χ2n) is 16.8. The first-order chi connectivity index (χ1) is 18.7. The Kier molecular flexibility index (Phi) is 7.36. The highest BCUT2D eigenvalue weighted by atomic mass is 16.6. The highest BCUT2D eigenvalue weighted by Gasteiger charge is 2.73. The van der Waals surface area contributed by atoms with Gasteiger partial charge in [-0.2, -0.15) is 0 Å². The second-order valence-corrected chi connectivity index (χ2v) is 16.8. The topological polar surface area (TPSA) is 102 Å². The molecule has 0 unspecified atom stereocenters. The maximum Gasteiger partial charge on any atom is 0.302 e. The molecule has 1 heterocycles. The molecular formula is C34H56O7. The lowest BCUT2D eigenvalue weighted by atomic mass is 9.37. The molecule has 12 atom stereocenters. The van der Waals surface area contributed by atoms with Gasteiger partial charge in [0.2, 0.25) is 0 Å². The fourth-order valence-electron chi connectivity index (χ4n) is 12.0. The van der Waals surface area contributed by atoms with E-state index in [0.29, 0.717) is 12.3 Å². The van der Waals surface area contributed by atoms with E-state index >= 15 is 0 Å². The molecule has 0 amide bonds. The molecule has 4 aliphatic carbocycles. The fourth-order valence-corrected chi connectivity index (χ4v) is 12.0. The van der Waals surface area contributed by atoms with Crippen LogP contribution in [0.4, 0.5) is 0 Å². The SMILES string of the molecule is CC(=O)O[C@H]1C[C@H]2[C@@H](CC[C@]3(C)[C@H]([C@@]4(C)CC[C@H](C(C)(C)O)O4)[C@H](O)C[C@]23C)[C@@]2(C)CC[C@H](OC(C)=O)C(C)(C)[C@H]12. The molecule has 0 aromatic heterocycles. The van der Waals surface area contributed by atoms with Crippen molar-refractivity contribution in [3.63, 3.8) is 0 Å². The number of hydrogen-bond acceptors (Lipinski definition) is 7. The first-order valence-electron chi connectivity index (χ1n) is 16.1. The zero-order valence-electron chi connectivity index (χ0n) is 27.2. The molecule has 0 radical (unpaired) electrons. The predicted molar refractivity (Wildman–Crippen MR) is 156 cm³/mol. The van der Waals surface area contributed by atoms with E-state index in [-0.39, 0.29) is 69.7 Å². The van der Waals surface area contributed by atoms with Crippen molar-refractivity contribution in [2.75, 3.05) is 0 Å². The zero-order chi connectivity index (χ0) is 30.6. The van der Waals surface area contributed by atoms with Crippen LogP contribution in [0.15, 0.2) is 0 Å². The number of hydrogen-bond donors (Lipinski definition) is 2. The summed E-state index contributed by atoms with van der Waals surface area (Å²) < 4.78 is 18.8. The Morgan fingerprint density at radius 3 is 2.02 bits per heavy atom. The van der Waals surface area contributed by atoms with Gasteiger partial charge in [-0.25, -0.2) is 0 Å². The van der Waals surface area contributed by atoms with Crippen LogP contribution in [0.2, 0.25) is 0 Å². The summed E-state index contributed by atoms with van der Waals surface area (Å²) in [5.74, 6) is 0.202. The van der Waals surface area contributed by atoms with Crippen molar-refractivity contribution in [1.29, 1.82) is 0 Å². The summed E-state index contributed by atoms with van der Waals surface area (Å²) in [5.41, 5.74) is -2.19. The summed E-state index contributed by atoms with van der Waals surface area (Å²) in [4.78, 5) is 24.6. The van der Waals surface area contributed by atoms with Gasteiger partial charge < -0.3 is 24.4 Å². The average molecular weight is 577 g/mol. The van der Waals surface area contributed by atoms with E-state index in [0.717, 1.165) is 44.9 Å². The summed E-state index contributed by atoms with van der Waals surface area (Å²) >= 11 is 0. The number of rotatable bonds is 4. The molecule has 1 aliphatic heterocycles. The average Bonchev–Trinajstić information content (AvgIpc) is 3.30. The van der Waals surface area contributed by atoms with Crippen molar-refractivity contribution < 1.29 is 34.0 Å². The largest absolute Gasteiger partial charge is 0.462 e. The van der Waals surface area contributed by atoms with Crippen LogP contribution in [0.1, 0.15) is 121 Å². The van der Waals surface area contributed by atoms with Crippen molar-refractivity contribution in [1.82, 2.24) is 0 Å². The Morgan fingerprint density at radius 1 is 0.829 bits per heavy atom. The van der Waals surface area contributed by atoms with Crippen LogP contribution in [-0.2, 0) is 23.8 Å². The number of fused-ring (bicyclic) bond motifs is 5. The van der Waals surface area contributed by atoms with E-state index in [1.807, 2.05) is 13.8 Å². The first-order valence-corrected chi connectivity index (χ1v) is 16.1. The van der Waals surface area contributed by atoms with E-state index in [2.05, 4.69) is 41.5 Å².